The summed E-state index contributed by atoms with van der Waals surface area (Å²) in [5.74, 6) is -0.0241. The van der Waals surface area contributed by atoms with Gasteiger partial charge in [0.05, 0.1) is 30.6 Å². The van der Waals surface area contributed by atoms with Crippen molar-refractivity contribution < 1.29 is 9.53 Å². The first-order chi connectivity index (χ1) is 13.1. The van der Waals surface area contributed by atoms with Crippen LogP contribution in [0.1, 0.15) is 53.1 Å². The van der Waals surface area contributed by atoms with E-state index in [4.69, 9.17) is 4.74 Å². The number of pyridine rings is 1. The Balaban J connectivity index is 1.56. The Morgan fingerprint density at radius 2 is 2.15 bits per heavy atom. The molecule has 27 heavy (non-hydrogen) atoms. The lowest BCUT2D eigenvalue weighted by molar-refractivity contribution is 0.0598. The molecule has 1 fully saturated rings. The van der Waals surface area contributed by atoms with E-state index in [9.17, 15) is 9.59 Å². The fourth-order valence-electron chi connectivity index (χ4n) is 2.84. The zero-order valence-corrected chi connectivity index (χ0v) is 15.9. The van der Waals surface area contributed by atoms with Gasteiger partial charge in [0.1, 0.15) is 0 Å². The highest BCUT2D eigenvalue weighted by Crippen LogP contribution is 2.40. The summed E-state index contributed by atoms with van der Waals surface area (Å²) >= 11 is 1.32. The van der Waals surface area contributed by atoms with E-state index in [1.165, 1.54) is 29.0 Å². The van der Waals surface area contributed by atoms with Gasteiger partial charge in [0.25, 0.3) is 5.56 Å². The number of rotatable bonds is 6. The summed E-state index contributed by atoms with van der Waals surface area (Å²) in [5, 5.41) is 8.07. The van der Waals surface area contributed by atoms with Crippen LogP contribution in [0.2, 0.25) is 0 Å². The van der Waals surface area contributed by atoms with Crippen LogP contribution in [0, 0.1) is 0 Å². The number of methoxy groups -OCH3 is 1. The van der Waals surface area contributed by atoms with Gasteiger partial charge in [-0.3, -0.25) is 9.78 Å². The number of carbonyl (C=O) groups excluding carboxylic acids is 1. The summed E-state index contributed by atoms with van der Waals surface area (Å²) in [7, 11) is 1.38. The molecule has 0 amide bonds. The Morgan fingerprint density at radius 1 is 1.33 bits per heavy atom. The van der Waals surface area contributed by atoms with Crippen molar-refractivity contribution in [3.05, 3.63) is 51.2 Å². The Labute approximate surface area is 159 Å². The Hall–Kier alpha value is -2.81. The molecule has 0 atom stereocenters. The second-order valence-corrected chi connectivity index (χ2v) is 7.35. The Bertz CT molecular complexity index is 1070. The molecule has 1 saturated carbocycles. The second-order valence-electron chi connectivity index (χ2n) is 6.40. The summed E-state index contributed by atoms with van der Waals surface area (Å²) in [6.45, 7) is 2.40. The molecule has 0 radical (unpaired) electrons. The summed E-state index contributed by atoms with van der Waals surface area (Å²) in [6.07, 6.45) is 2.78. The summed E-state index contributed by atoms with van der Waals surface area (Å²) < 4.78 is 6.15. The number of fused-ring (bicyclic) bond motifs is 1. The number of ether oxygens (including phenoxy) is 1. The van der Waals surface area contributed by atoms with Gasteiger partial charge < -0.3 is 10.1 Å². The molecule has 3 aromatic heterocycles. The smallest absolute Gasteiger partial charge is 0.339 e. The van der Waals surface area contributed by atoms with Gasteiger partial charge in [-0.05, 0) is 31.4 Å². The maximum absolute atomic E-state index is 12.1. The number of nitrogens with one attached hydrogen (secondary N) is 1. The molecule has 0 spiro atoms. The molecule has 0 aromatic carbocycles. The zero-order chi connectivity index (χ0) is 19.0. The second kappa shape index (κ2) is 7.07. The number of nitrogens with zero attached hydrogens (tertiary/aromatic N) is 4. The first kappa shape index (κ1) is 17.6. The number of esters is 1. The van der Waals surface area contributed by atoms with Gasteiger partial charge in [0.15, 0.2) is 0 Å². The number of aromatic nitrogens is 4. The van der Waals surface area contributed by atoms with Gasteiger partial charge in [-0.15, -0.1) is 5.10 Å². The summed E-state index contributed by atoms with van der Waals surface area (Å²) in [6, 6.07) is 5.07. The van der Waals surface area contributed by atoms with Crippen molar-refractivity contribution >= 4 is 27.4 Å². The van der Waals surface area contributed by atoms with Crippen LogP contribution in [-0.2, 0) is 17.7 Å². The summed E-state index contributed by atoms with van der Waals surface area (Å²) in [5.41, 5.74) is 2.71. The van der Waals surface area contributed by atoms with Crippen LogP contribution in [0.15, 0.2) is 23.0 Å². The van der Waals surface area contributed by atoms with Crippen molar-refractivity contribution in [1.82, 2.24) is 19.6 Å². The predicted molar refractivity (Wildman–Crippen MR) is 101 cm³/mol. The van der Waals surface area contributed by atoms with Crippen LogP contribution >= 0.6 is 11.3 Å². The Kier molecular flexibility index (Phi) is 4.61. The lowest BCUT2D eigenvalue weighted by Gasteiger charge is -2.09. The minimum atomic E-state index is -0.354. The molecule has 3 heterocycles. The maximum Gasteiger partial charge on any atom is 0.339 e. The van der Waals surface area contributed by atoms with Crippen molar-refractivity contribution in [2.45, 2.75) is 38.6 Å². The fraction of sp³-hybridized carbons (Fsp3) is 0.389. The zero-order valence-electron chi connectivity index (χ0n) is 15.1. The summed E-state index contributed by atoms with van der Waals surface area (Å²) in [4.78, 5) is 33.6. The van der Waals surface area contributed by atoms with E-state index >= 15 is 0 Å². The largest absolute Gasteiger partial charge is 0.465 e. The lowest BCUT2D eigenvalue weighted by Crippen LogP contribution is -2.15. The highest BCUT2D eigenvalue weighted by molar-refractivity contribution is 7.20. The molecule has 8 nitrogen and oxygen atoms in total. The van der Waals surface area contributed by atoms with Gasteiger partial charge in [-0.1, -0.05) is 18.3 Å². The van der Waals surface area contributed by atoms with E-state index in [0.717, 1.165) is 29.9 Å². The molecule has 9 heteroatoms. The number of hydrogen-bond acceptors (Lipinski definition) is 8. The van der Waals surface area contributed by atoms with Crippen molar-refractivity contribution in [3.8, 4) is 0 Å². The maximum atomic E-state index is 12.1. The highest BCUT2D eigenvalue weighted by atomic mass is 32.1. The molecule has 0 unspecified atom stereocenters. The average Bonchev–Trinajstić information content (AvgIpc) is 3.45. The van der Waals surface area contributed by atoms with E-state index in [2.05, 4.69) is 20.4 Å². The molecular formula is C18H19N5O3S. The standard InChI is InChI=1S/C18H19N5O3S/c1-3-11-8-14(24)23-18(21-11)27-17(22-23)19-9-12-6-7-13(16(25)26-2)15(20-12)10-4-5-10/h6-8,10H,3-5,9H2,1-2H3,(H,19,22). The molecule has 1 aliphatic carbocycles. The van der Waals surface area contributed by atoms with E-state index in [1.54, 1.807) is 12.1 Å². The molecule has 0 saturated heterocycles. The van der Waals surface area contributed by atoms with Gasteiger partial charge in [0.2, 0.25) is 10.1 Å². The SMILES string of the molecule is CCc1cc(=O)n2nc(NCc3ccc(C(=O)OC)c(C4CC4)n3)sc2n1. The number of carbonyl (C=O) groups is 1. The van der Waals surface area contributed by atoms with Crippen molar-refractivity contribution in [3.63, 3.8) is 0 Å². The predicted octanol–water partition coefficient (Wildman–Crippen LogP) is 2.38. The van der Waals surface area contributed by atoms with Crippen LogP contribution in [-0.4, -0.2) is 32.7 Å². The monoisotopic (exact) mass is 385 g/mol. The van der Waals surface area contributed by atoms with Gasteiger partial charge >= 0.3 is 5.97 Å². The molecular weight excluding hydrogens is 366 g/mol. The molecule has 4 rings (SSSR count). The van der Waals surface area contributed by atoms with Crippen LogP contribution in [0.3, 0.4) is 0 Å². The minimum Gasteiger partial charge on any atom is -0.465 e. The number of aryl methyl sites for hydroxylation is 1. The topological polar surface area (TPSA) is 98.5 Å². The van der Waals surface area contributed by atoms with Gasteiger partial charge in [-0.2, -0.15) is 4.52 Å². The molecule has 1 aliphatic rings. The van der Waals surface area contributed by atoms with Crippen molar-refractivity contribution in [2.24, 2.45) is 0 Å². The molecule has 140 valence electrons. The lowest BCUT2D eigenvalue weighted by atomic mass is 10.1. The molecule has 1 N–H and O–H groups in total. The van der Waals surface area contributed by atoms with Crippen molar-refractivity contribution in [1.29, 1.82) is 0 Å². The van der Waals surface area contributed by atoms with Crippen LogP contribution < -0.4 is 10.9 Å². The minimum absolute atomic E-state index is 0.183. The van der Waals surface area contributed by atoms with Crippen molar-refractivity contribution in [2.75, 3.05) is 12.4 Å². The van der Waals surface area contributed by atoms with Crippen LogP contribution in [0.25, 0.3) is 4.96 Å². The average molecular weight is 385 g/mol. The molecule has 0 bridgehead atoms. The van der Waals surface area contributed by atoms with E-state index in [1.807, 2.05) is 6.92 Å². The third-order valence-corrected chi connectivity index (χ3v) is 5.30. The highest BCUT2D eigenvalue weighted by Gasteiger charge is 2.30. The third kappa shape index (κ3) is 3.55. The first-order valence-electron chi connectivity index (χ1n) is 8.81. The Morgan fingerprint density at radius 3 is 2.85 bits per heavy atom. The first-order valence-corrected chi connectivity index (χ1v) is 9.62. The molecule has 3 aromatic rings. The van der Waals surface area contributed by atoms with E-state index < -0.39 is 0 Å². The van der Waals surface area contributed by atoms with Gasteiger partial charge in [-0.25, -0.2) is 9.78 Å². The van der Waals surface area contributed by atoms with E-state index in [-0.39, 0.29) is 11.5 Å². The number of anilines is 1. The van der Waals surface area contributed by atoms with Crippen LogP contribution in [0.4, 0.5) is 5.13 Å². The van der Waals surface area contributed by atoms with Crippen LogP contribution in [0.5, 0.6) is 0 Å². The third-order valence-electron chi connectivity index (χ3n) is 4.43. The normalized spacial score (nSPS) is 13.7. The quantitative estimate of drug-likeness (QED) is 0.651. The number of hydrogen-bond donors (Lipinski definition) is 1. The fourth-order valence-corrected chi connectivity index (χ4v) is 3.66. The van der Waals surface area contributed by atoms with E-state index in [0.29, 0.717) is 34.5 Å². The molecule has 0 aliphatic heterocycles. The van der Waals surface area contributed by atoms with Gasteiger partial charge in [0, 0.05) is 17.7 Å².